The van der Waals surface area contributed by atoms with E-state index in [4.69, 9.17) is 11.6 Å². The zero-order valence-corrected chi connectivity index (χ0v) is 12.2. The third-order valence-electron chi connectivity index (χ3n) is 3.64. The Morgan fingerprint density at radius 1 is 1.29 bits per heavy atom. The summed E-state index contributed by atoms with van der Waals surface area (Å²) in [5, 5.41) is 14.1. The summed E-state index contributed by atoms with van der Waals surface area (Å²) in [6.45, 7) is 1.25. The molecular formula is C15H16ClN3O2. The highest BCUT2D eigenvalue weighted by Gasteiger charge is 2.22. The maximum atomic E-state index is 12.4. The van der Waals surface area contributed by atoms with Crippen molar-refractivity contribution in [3.8, 4) is 5.69 Å². The quantitative estimate of drug-likeness (QED) is 0.920. The van der Waals surface area contributed by atoms with Crippen LogP contribution in [-0.4, -0.2) is 34.1 Å². The molecule has 0 saturated carbocycles. The number of β-amino-alcohol motifs (C(OH)–C–C–N with tert-alkyl or cyclic N) is 1. The van der Waals surface area contributed by atoms with E-state index in [-0.39, 0.29) is 16.7 Å². The lowest BCUT2D eigenvalue weighted by Crippen LogP contribution is -2.39. The van der Waals surface area contributed by atoms with Gasteiger partial charge in [0.05, 0.1) is 23.7 Å². The van der Waals surface area contributed by atoms with E-state index >= 15 is 0 Å². The number of anilines is 1. The van der Waals surface area contributed by atoms with Crippen molar-refractivity contribution in [2.24, 2.45) is 0 Å². The molecule has 1 aromatic carbocycles. The van der Waals surface area contributed by atoms with E-state index in [2.05, 4.69) is 5.10 Å². The minimum absolute atomic E-state index is 0.142. The molecule has 1 aliphatic heterocycles. The highest BCUT2D eigenvalue weighted by atomic mass is 35.5. The molecule has 1 aromatic heterocycles. The summed E-state index contributed by atoms with van der Waals surface area (Å²) in [5.74, 6) is 0. The van der Waals surface area contributed by atoms with Crippen LogP contribution < -0.4 is 10.5 Å². The molecule has 0 unspecified atom stereocenters. The molecule has 1 N–H and O–H groups in total. The van der Waals surface area contributed by atoms with E-state index in [0.29, 0.717) is 17.9 Å². The molecule has 5 nitrogen and oxygen atoms in total. The Balaban J connectivity index is 1.99. The molecule has 3 rings (SSSR count). The Hall–Kier alpha value is -1.85. The molecule has 2 heterocycles. The first-order valence-electron chi connectivity index (χ1n) is 6.93. The largest absolute Gasteiger partial charge is 0.391 e. The minimum Gasteiger partial charge on any atom is -0.391 e. The lowest BCUT2D eigenvalue weighted by molar-refractivity contribution is 0.154. The average Bonchev–Trinajstić information content (AvgIpc) is 2.51. The zero-order valence-electron chi connectivity index (χ0n) is 11.4. The molecule has 6 heteroatoms. The summed E-state index contributed by atoms with van der Waals surface area (Å²) >= 11 is 6.23. The summed E-state index contributed by atoms with van der Waals surface area (Å²) in [5.41, 5.74) is 0.919. The van der Waals surface area contributed by atoms with Crippen molar-refractivity contribution in [2.45, 2.75) is 18.9 Å². The number of hydrogen-bond donors (Lipinski definition) is 1. The third-order valence-corrected chi connectivity index (χ3v) is 3.99. The van der Waals surface area contributed by atoms with Gasteiger partial charge in [-0.05, 0) is 25.0 Å². The Bertz CT molecular complexity index is 687. The van der Waals surface area contributed by atoms with Crippen molar-refractivity contribution in [3.05, 3.63) is 51.9 Å². The molecule has 110 valence electrons. The molecule has 0 bridgehead atoms. The molecule has 0 spiro atoms. The topological polar surface area (TPSA) is 58.4 Å². The minimum atomic E-state index is -0.383. The molecule has 2 aromatic rings. The second-order valence-corrected chi connectivity index (χ2v) is 5.52. The second kappa shape index (κ2) is 5.87. The van der Waals surface area contributed by atoms with Crippen LogP contribution in [0.2, 0.25) is 5.02 Å². The lowest BCUT2D eigenvalue weighted by atomic mass is 10.1. The lowest BCUT2D eigenvalue weighted by Gasteiger charge is -2.32. The van der Waals surface area contributed by atoms with Gasteiger partial charge in [-0.2, -0.15) is 9.78 Å². The van der Waals surface area contributed by atoms with Crippen LogP contribution in [0.25, 0.3) is 5.69 Å². The summed E-state index contributed by atoms with van der Waals surface area (Å²) in [4.78, 5) is 14.3. The fourth-order valence-corrected chi connectivity index (χ4v) is 2.82. The number of aliphatic hydroxyl groups is 1. The van der Waals surface area contributed by atoms with Crippen molar-refractivity contribution < 1.29 is 5.11 Å². The maximum Gasteiger partial charge on any atom is 0.292 e. The smallest absolute Gasteiger partial charge is 0.292 e. The maximum absolute atomic E-state index is 12.4. The van der Waals surface area contributed by atoms with E-state index in [9.17, 15) is 9.90 Å². The van der Waals surface area contributed by atoms with Crippen molar-refractivity contribution in [2.75, 3.05) is 18.0 Å². The zero-order chi connectivity index (χ0) is 14.8. The molecular weight excluding hydrogens is 290 g/mol. The van der Waals surface area contributed by atoms with Gasteiger partial charge in [0.25, 0.3) is 5.56 Å². The van der Waals surface area contributed by atoms with E-state index in [1.165, 1.54) is 4.68 Å². The van der Waals surface area contributed by atoms with E-state index in [1.54, 1.807) is 18.3 Å². The predicted molar refractivity (Wildman–Crippen MR) is 82.3 cm³/mol. The van der Waals surface area contributed by atoms with Crippen LogP contribution in [0.5, 0.6) is 0 Å². The first-order valence-corrected chi connectivity index (χ1v) is 7.31. The van der Waals surface area contributed by atoms with Crippen molar-refractivity contribution in [1.82, 2.24) is 9.78 Å². The molecule has 1 saturated heterocycles. The molecule has 21 heavy (non-hydrogen) atoms. The van der Waals surface area contributed by atoms with Crippen LogP contribution in [0.3, 0.4) is 0 Å². The average molecular weight is 306 g/mol. The highest BCUT2D eigenvalue weighted by Crippen LogP contribution is 2.25. The van der Waals surface area contributed by atoms with Gasteiger partial charge in [-0.25, -0.2) is 0 Å². The van der Waals surface area contributed by atoms with Crippen LogP contribution in [0.4, 0.5) is 5.69 Å². The van der Waals surface area contributed by atoms with Gasteiger partial charge in [0.15, 0.2) is 0 Å². The summed E-state index contributed by atoms with van der Waals surface area (Å²) in [7, 11) is 0. The Labute approximate surface area is 127 Å². The number of piperidine rings is 1. The fourth-order valence-electron chi connectivity index (χ4n) is 2.57. The number of rotatable bonds is 2. The first-order chi connectivity index (χ1) is 10.2. The summed E-state index contributed by atoms with van der Waals surface area (Å²) < 4.78 is 1.28. The van der Waals surface area contributed by atoms with E-state index < -0.39 is 0 Å². The van der Waals surface area contributed by atoms with Crippen LogP contribution in [-0.2, 0) is 0 Å². The van der Waals surface area contributed by atoms with Crippen LogP contribution in [0.1, 0.15) is 12.8 Å². The highest BCUT2D eigenvalue weighted by molar-refractivity contribution is 6.33. The normalized spacial score (nSPS) is 18.8. The number of nitrogens with zero attached hydrogens (tertiary/aromatic N) is 3. The van der Waals surface area contributed by atoms with Crippen molar-refractivity contribution in [1.29, 1.82) is 0 Å². The number of hydrogen-bond acceptors (Lipinski definition) is 4. The second-order valence-electron chi connectivity index (χ2n) is 5.14. The molecule has 0 amide bonds. The Morgan fingerprint density at radius 2 is 2.05 bits per heavy atom. The fraction of sp³-hybridized carbons (Fsp3) is 0.333. The van der Waals surface area contributed by atoms with Gasteiger partial charge in [-0.3, -0.25) is 4.79 Å². The van der Waals surface area contributed by atoms with Gasteiger partial charge in [0, 0.05) is 13.1 Å². The SMILES string of the molecule is O=c1c(Cl)c(N2CCC[C@@H](O)C2)cnn1-c1ccccc1. The number of benzene rings is 1. The summed E-state index contributed by atoms with van der Waals surface area (Å²) in [6, 6.07) is 9.16. The van der Waals surface area contributed by atoms with Crippen LogP contribution in [0, 0.1) is 0 Å². The standard InChI is InChI=1S/C15H16ClN3O2/c16-14-13(18-8-4-7-12(20)10-18)9-17-19(15(14)21)11-5-2-1-3-6-11/h1-3,5-6,9,12,20H,4,7-8,10H2/t12-/m1/s1. The van der Waals surface area contributed by atoms with Crippen LogP contribution >= 0.6 is 11.6 Å². The number of para-hydroxylation sites is 1. The van der Waals surface area contributed by atoms with Crippen molar-refractivity contribution in [3.63, 3.8) is 0 Å². The Kier molecular flexibility index (Phi) is 3.94. The number of aliphatic hydroxyl groups excluding tert-OH is 1. The van der Waals surface area contributed by atoms with Gasteiger partial charge in [-0.15, -0.1) is 0 Å². The molecule has 1 atom stereocenters. The van der Waals surface area contributed by atoms with E-state index in [1.807, 2.05) is 23.1 Å². The van der Waals surface area contributed by atoms with E-state index in [0.717, 1.165) is 19.4 Å². The van der Waals surface area contributed by atoms with Gasteiger partial charge >= 0.3 is 0 Å². The molecule has 0 aliphatic carbocycles. The first kappa shape index (κ1) is 14.1. The molecule has 1 aliphatic rings. The summed E-state index contributed by atoms with van der Waals surface area (Å²) in [6.07, 6.45) is 2.86. The van der Waals surface area contributed by atoms with Gasteiger partial charge in [0.1, 0.15) is 5.02 Å². The van der Waals surface area contributed by atoms with Gasteiger partial charge < -0.3 is 10.0 Å². The molecule has 0 radical (unpaired) electrons. The number of halogens is 1. The number of aromatic nitrogens is 2. The molecule has 1 fully saturated rings. The Morgan fingerprint density at radius 3 is 2.76 bits per heavy atom. The predicted octanol–water partition coefficient (Wildman–Crippen LogP) is 1.85. The third kappa shape index (κ3) is 2.80. The van der Waals surface area contributed by atoms with Crippen molar-refractivity contribution >= 4 is 17.3 Å². The monoisotopic (exact) mass is 305 g/mol. The van der Waals surface area contributed by atoms with Gasteiger partial charge in [-0.1, -0.05) is 29.8 Å². The van der Waals surface area contributed by atoms with Crippen LogP contribution in [0.15, 0.2) is 41.3 Å². The van der Waals surface area contributed by atoms with Gasteiger partial charge in [0.2, 0.25) is 0 Å².